The van der Waals surface area contributed by atoms with Crippen LogP contribution in [-0.4, -0.2) is 12.3 Å². The van der Waals surface area contributed by atoms with Crippen molar-refractivity contribution in [2.45, 2.75) is 37.0 Å². The first-order chi connectivity index (χ1) is 10.0. The van der Waals surface area contributed by atoms with Gasteiger partial charge >= 0.3 is 0 Å². The summed E-state index contributed by atoms with van der Waals surface area (Å²) in [7, 11) is 0. The highest BCUT2D eigenvalue weighted by Gasteiger charge is 2.22. The highest BCUT2D eigenvalue weighted by Crippen LogP contribution is 2.39. The lowest BCUT2D eigenvalue weighted by Gasteiger charge is -2.20. The fraction of sp³-hybridized carbons (Fsp3) is 0.368. The summed E-state index contributed by atoms with van der Waals surface area (Å²) in [6, 6.07) is 17.7. The van der Waals surface area contributed by atoms with Gasteiger partial charge in [0.15, 0.2) is 0 Å². The molecule has 0 saturated heterocycles. The van der Waals surface area contributed by atoms with Crippen LogP contribution in [0.25, 0.3) is 0 Å². The molecule has 3 rings (SSSR count). The smallest absolute Gasteiger partial charge is 0.0340 e. The average Bonchev–Trinajstić information content (AvgIpc) is 2.88. The Morgan fingerprint density at radius 2 is 1.76 bits per heavy atom. The Labute approximate surface area is 132 Å². The number of hydrogen-bond donors (Lipinski definition) is 1. The maximum Gasteiger partial charge on any atom is 0.0340 e. The van der Waals surface area contributed by atoms with Gasteiger partial charge in [0.05, 0.1) is 0 Å². The molecule has 0 aromatic heterocycles. The molecule has 1 nitrogen and oxygen atoms in total. The van der Waals surface area contributed by atoms with Crippen molar-refractivity contribution in [3.8, 4) is 0 Å². The summed E-state index contributed by atoms with van der Waals surface area (Å²) in [5, 5.41) is 3.59. The molecule has 1 N–H and O–H groups in total. The maximum atomic E-state index is 3.59. The SMILES string of the molecule is CC(C)(C)c1ccc(NCC2CSc3ccccc32)cc1. The van der Waals surface area contributed by atoms with Crippen LogP contribution in [0.5, 0.6) is 0 Å². The Morgan fingerprint density at radius 3 is 2.48 bits per heavy atom. The number of nitrogens with one attached hydrogen (secondary N) is 1. The first-order valence-electron chi connectivity index (χ1n) is 7.60. The zero-order chi connectivity index (χ0) is 14.9. The molecule has 1 aliphatic heterocycles. The number of anilines is 1. The topological polar surface area (TPSA) is 12.0 Å². The van der Waals surface area contributed by atoms with Crippen molar-refractivity contribution in [2.75, 3.05) is 17.6 Å². The minimum absolute atomic E-state index is 0.222. The van der Waals surface area contributed by atoms with Crippen LogP contribution >= 0.6 is 11.8 Å². The quantitative estimate of drug-likeness (QED) is 0.826. The van der Waals surface area contributed by atoms with E-state index in [1.807, 2.05) is 11.8 Å². The third-order valence-electron chi connectivity index (χ3n) is 4.10. The minimum Gasteiger partial charge on any atom is -0.384 e. The van der Waals surface area contributed by atoms with Crippen LogP contribution in [0.15, 0.2) is 53.4 Å². The van der Waals surface area contributed by atoms with Crippen LogP contribution in [-0.2, 0) is 5.41 Å². The zero-order valence-corrected chi connectivity index (χ0v) is 13.8. The van der Waals surface area contributed by atoms with Crippen molar-refractivity contribution in [3.05, 3.63) is 59.7 Å². The molecule has 1 heterocycles. The second kappa shape index (κ2) is 5.76. The van der Waals surface area contributed by atoms with Crippen LogP contribution < -0.4 is 5.32 Å². The first kappa shape index (κ1) is 14.5. The average molecular weight is 297 g/mol. The van der Waals surface area contributed by atoms with Crippen LogP contribution in [0.2, 0.25) is 0 Å². The van der Waals surface area contributed by atoms with Gasteiger partial charge in [-0.25, -0.2) is 0 Å². The number of benzene rings is 2. The van der Waals surface area contributed by atoms with Crippen molar-refractivity contribution in [3.63, 3.8) is 0 Å². The molecule has 0 amide bonds. The summed E-state index contributed by atoms with van der Waals surface area (Å²) in [6.45, 7) is 7.77. The van der Waals surface area contributed by atoms with E-state index < -0.39 is 0 Å². The fourth-order valence-corrected chi connectivity index (χ4v) is 3.98. The Hall–Kier alpha value is -1.41. The lowest BCUT2D eigenvalue weighted by molar-refractivity contribution is 0.590. The Morgan fingerprint density at radius 1 is 1.05 bits per heavy atom. The summed E-state index contributed by atoms with van der Waals surface area (Å²) in [5.74, 6) is 1.81. The lowest BCUT2D eigenvalue weighted by atomic mass is 9.87. The van der Waals surface area contributed by atoms with Gasteiger partial charge in [-0.2, -0.15) is 0 Å². The fourth-order valence-electron chi connectivity index (χ4n) is 2.73. The van der Waals surface area contributed by atoms with E-state index in [1.54, 1.807) is 0 Å². The molecule has 2 aromatic carbocycles. The lowest BCUT2D eigenvalue weighted by Crippen LogP contribution is -2.13. The van der Waals surface area contributed by atoms with Gasteiger partial charge in [-0.3, -0.25) is 0 Å². The zero-order valence-electron chi connectivity index (χ0n) is 13.0. The van der Waals surface area contributed by atoms with Gasteiger partial charge in [0, 0.05) is 28.8 Å². The summed E-state index contributed by atoms with van der Waals surface area (Å²) < 4.78 is 0. The highest BCUT2D eigenvalue weighted by molar-refractivity contribution is 7.99. The van der Waals surface area contributed by atoms with Crippen molar-refractivity contribution in [2.24, 2.45) is 0 Å². The van der Waals surface area contributed by atoms with Gasteiger partial charge in [-0.1, -0.05) is 51.1 Å². The van der Waals surface area contributed by atoms with Crippen LogP contribution in [0.4, 0.5) is 5.69 Å². The standard InChI is InChI=1S/C19H23NS/c1-19(2,3)15-8-10-16(11-9-15)20-12-14-13-21-18-7-5-4-6-17(14)18/h4-11,14,20H,12-13H2,1-3H3. The van der Waals surface area contributed by atoms with Crippen molar-refractivity contribution < 1.29 is 0 Å². The van der Waals surface area contributed by atoms with Crippen molar-refractivity contribution >= 4 is 17.4 Å². The Kier molecular flexibility index (Phi) is 3.99. The molecule has 2 heteroatoms. The van der Waals surface area contributed by atoms with E-state index in [4.69, 9.17) is 0 Å². The van der Waals surface area contributed by atoms with E-state index >= 15 is 0 Å². The first-order valence-corrected chi connectivity index (χ1v) is 8.59. The molecule has 0 radical (unpaired) electrons. The van der Waals surface area contributed by atoms with Crippen LogP contribution in [0.3, 0.4) is 0 Å². The predicted molar refractivity (Wildman–Crippen MR) is 93.5 cm³/mol. The molecule has 0 spiro atoms. The third kappa shape index (κ3) is 3.26. The molecule has 1 atom stereocenters. The number of thioether (sulfide) groups is 1. The summed E-state index contributed by atoms with van der Waals surface area (Å²) in [6.07, 6.45) is 0. The molecule has 0 saturated carbocycles. The maximum absolute atomic E-state index is 3.59. The molecular weight excluding hydrogens is 274 g/mol. The molecule has 110 valence electrons. The van der Waals surface area contributed by atoms with Gasteiger partial charge in [0.2, 0.25) is 0 Å². The van der Waals surface area contributed by atoms with Gasteiger partial charge in [-0.05, 0) is 34.7 Å². The molecule has 21 heavy (non-hydrogen) atoms. The van der Waals surface area contributed by atoms with Gasteiger partial charge in [0.1, 0.15) is 0 Å². The van der Waals surface area contributed by atoms with Gasteiger partial charge < -0.3 is 5.32 Å². The molecule has 2 aromatic rings. The van der Waals surface area contributed by atoms with E-state index in [2.05, 4.69) is 74.6 Å². The van der Waals surface area contributed by atoms with E-state index in [1.165, 1.54) is 27.5 Å². The van der Waals surface area contributed by atoms with E-state index in [0.717, 1.165) is 6.54 Å². The van der Waals surface area contributed by atoms with E-state index in [0.29, 0.717) is 5.92 Å². The number of rotatable bonds is 3. The molecule has 1 unspecified atom stereocenters. The third-order valence-corrected chi connectivity index (χ3v) is 5.35. The van der Waals surface area contributed by atoms with Crippen LogP contribution in [0.1, 0.15) is 37.8 Å². The molecule has 0 fully saturated rings. The second-order valence-corrected chi connectivity index (χ2v) is 7.82. The van der Waals surface area contributed by atoms with Crippen molar-refractivity contribution in [1.82, 2.24) is 0 Å². The van der Waals surface area contributed by atoms with Crippen LogP contribution in [0, 0.1) is 0 Å². The Bertz CT molecular complexity index is 610. The molecule has 0 aliphatic carbocycles. The van der Waals surface area contributed by atoms with E-state index in [-0.39, 0.29) is 5.41 Å². The summed E-state index contributed by atoms with van der Waals surface area (Å²) in [4.78, 5) is 1.45. The van der Waals surface area contributed by atoms with Crippen molar-refractivity contribution in [1.29, 1.82) is 0 Å². The second-order valence-electron chi connectivity index (χ2n) is 6.75. The Balaban J connectivity index is 1.64. The largest absolute Gasteiger partial charge is 0.384 e. The normalized spacial score (nSPS) is 17.6. The summed E-state index contributed by atoms with van der Waals surface area (Å²) >= 11 is 1.98. The minimum atomic E-state index is 0.222. The molecule has 0 bridgehead atoms. The molecule has 1 aliphatic rings. The summed E-state index contributed by atoms with van der Waals surface area (Å²) in [5.41, 5.74) is 4.33. The predicted octanol–water partition coefficient (Wildman–Crippen LogP) is 5.29. The number of fused-ring (bicyclic) bond motifs is 1. The van der Waals surface area contributed by atoms with Gasteiger partial charge in [-0.15, -0.1) is 11.8 Å². The van der Waals surface area contributed by atoms with Gasteiger partial charge in [0.25, 0.3) is 0 Å². The number of hydrogen-bond acceptors (Lipinski definition) is 2. The molecular formula is C19H23NS. The van der Waals surface area contributed by atoms with E-state index in [9.17, 15) is 0 Å². The highest BCUT2D eigenvalue weighted by atomic mass is 32.2. The monoisotopic (exact) mass is 297 g/mol.